The first kappa shape index (κ1) is 14.4. The third-order valence-corrected chi connectivity index (χ3v) is 5.89. The van der Waals surface area contributed by atoms with Crippen LogP contribution in [0.2, 0.25) is 5.02 Å². The van der Waals surface area contributed by atoms with Crippen LogP contribution >= 0.6 is 22.9 Å². The van der Waals surface area contributed by atoms with E-state index >= 15 is 0 Å². The molecule has 0 aliphatic carbocycles. The molecule has 1 aromatic carbocycles. The second kappa shape index (κ2) is 5.48. The van der Waals surface area contributed by atoms with Gasteiger partial charge in [0.05, 0.1) is 36.0 Å². The van der Waals surface area contributed by atoms with E-state index in [0.717, 1.165) is 35.2 Å². The van der Waals surface area contributed by atoms with Crippen LogP contribution in [0.25, 0.3) is 11.3 Å². The van der Waals surface area contributed by atoms with Crippen LogP contribution in [0.3, 0.4) is 0 Å². The lowest BCUT2D eigenvalue weighted by Gasteiger charge is -2.34. The summed E-state index contributed by atoms with van der Waals surface area (Å²) in [6.07, 6.45) is 2.34. The number of hydrogen-bond donors (Lipinski definition) is 0. The monoisotopic (exact) mass is 338 g/mol. The van der Waals surface area contributed by atoms with Crippen molar-refractivity contribution in [2.24, 2.45) is 0 Å². The van der Waals surface area contributed by atoms with Gasteiger partial charge in [0, 0.05) is 10.9 Å². The van der Waals surface area contributed by atoms with Crippen LogP contribution in [-0.2, 0) is 4.74 Å². The van der Waals surface area contributed by atoms with Gasteiger partial charge in [0.2, 0.25) is 0 Å². The maximum Gasteiger partial charge on any atom is 0.186 e. The number of nitrogens with zero attached hydrogens (tertiary/aromatic N) is 2. The minimum atomic E-state index is -0.385. The van der Waals surface area contributed by atoms with E-state index in [2.05, 4.69) is 4.90 Å². The van der Waals surface area contributed by atoms with Crippen molar-refractivity contribution in [3.63, 3.8) is 0 Å². The fourth-order valence-electron chi connectivity index (χ4n) is 3.38. The zero-order valence-corrected chi connectivity index (χ0v) is 13.8. The highest BCUT2D eigenvalue weighted by Gasteiger charge is 2.38. The summed E-state index contributed by atoms with van der Waals surface area (Å²) in [5, 5.41) is 3.24. The molecule has 6 heteroatoms. The van der Waals surface area contributed by atoms with Gasteiger partial charge in [0.15, 0.2) is 5.13 Å². The van der Waals surface area contributed by atoms with Crippen molar-refractivity contribution in [1.82, 2.24) is 4.98 Å². The lowest BCUT2D eigenvalue weighted by molar-refractivity contribution is 0.0906. The standard InChI is InChI=1S/C16H16ClFN2OS/c1-9-12(4-5-13(18)15(9)17)14-8-22-16(19-14)20-10-2-3-11(20)7-21-6-10/h4-5,8,10-11H,2-3,6-7H2,1H3/t10-,11?/m0/s1. The molecule has 0 spiro atoms. The number of fused-ring (bicyclic) bond motifs is 2. The summed E-state index contributed by atoms with van der Waals surface area (Å²) in [6.45, 7) is 3.40. The summed E-state index contributed by atoms with van der Waals surface area (Å²) in [5.41, 5.74) is 2.50. The first-order valence-corrected chi connectivity index (χ1v) is 8.67. The molecule has 0 amide bonds. The lowest BCUT2D eigenvalue weighted by Crippen LogP contribution is -2.45. The average Bonchev–Trinajstić information content (AvgIpc) is 3.07. The van der Waals surface area contributed by atoms with Gasteiger partial charge < -0.3 is 9.64 Å². The minimum Gasteiger partial charge on any atom is -0.377 e. The fourth-order valence-corrected chi connectivity index (χ4v) is 4.51. The third-order valence-electron chi connectivity index (χ3n) is 4.57. The molecule has 4 rings (SSSR count). The van der Waals surface area contributed by atoms with Crippen LogP contribution in [0.4, 0.5) is 9.52 Å². The van der Waals surface area contributed by atoms with Crippen molar-refractivity contribution >= 4 is 28.1 Å². The normalized spacial score (nSPS) is 24.0. The van der Waals surface area contributed by atoms with Crippen molar-refractivity contribution < 1.29 is 9.13 Å². The van der Waals surface area contributed by atoms with E-state index in [9.17, 15) is 4.39 Å². The van der Waals surface area contributed by atoms with Crippen LogP contribution in [0, 0.1) is 12.7 Å². The average molecular weight is 339 g/mol. The Morgan fingerprint density at radius 3 is 2.77 bits per heavy atom. The number of thiazole rings is 1. The molecule has 2 aliphatic rings. The molecule has 116 valence electrons. The Bertz CT molecular complexity index is 704. The van der Waals surface area contributed by atoms with Crippen molar-refractivity contribution in [2.45, 2.75) is 31.8 Å². The van der Waals surface area contributed by atoms with Gasteiger partial charge in [-0.05, 0) is 37.5 Å². The molecule has 2 bridgehead atoms. The van der Waals surface area contributed by atoms with Gasteiger partial charge in [0.1, 0.15) is 5.82 Å². The van der Waals surface area contributed by atoms with Crippen molar-refractivity contribution in [3.05, 3.63) is 33.9 Å². The Balaban J connectivity index is 1.69. The van der Waals surface area contributed by atoms with E-state index < -0.39 is 0 Å². The lowest BCUT2D eigenvalue weighted by atomic mass is 10.1. The number of morpholine rings is 1. The van der Waals surface area contributed by atoms with Gasteiger partial charge in [-0.3, -0.25) is 0 Å². The van der Waals surface area contributed by atoms with Crippen LogP contribution in [0.5, 0.6) is 0 Å². The van der Waals surface area contributed by atoms with Gasteiger partial charge >= 0.3 is 0 Å². The smallest absolute Gasteiger partial charge is 0.186 e. The Hall–Kier alpha value is -1.17. The van der Waals surface area contributed by atoms with E-state index in [-0.39, 0.29) is 10.8 Å². The van der Waals surface area contributed by atoms with Gasteiger partial charge in [-0.15, -0.1) is 11.3 Å². The fraction of sp³-hybridized carbons (Fsp3) is 0.438. The van der Waals surface area contributed by atoms with Crippen LogP contribution in [0.1, 0.15) is 18.4 Å². The summed E-state index contributed by atoms with van der Waals surface area (Å²) in [7, 11) is 0. The SMILES string of the molecule is Cc1c(-c2csc(N3C4CC[C@H]3COC4)n2)ccc(F)c1Cl. The number of rotatable bonds is 2. The third kappa shape index (κ3) is 2.23. The summed E-state index contributed by atoms with van der Waals surface area (Å²) < 4.78 is 19.1. The number of halogens is 2. The zero-order valence-electron chi connectivity index (χ0n) is 12.2. The molecule has 2 atom stereocenters. The Kier molecular flexibility index (Phi) is 3.59. The van der Waals surface area contributed by atoms with E-state index in [1.807, 2.05) is 12.3 Å². The molecular weight excluding hydrogens is 323 g/mol. The van der Waals surface area contributed by atoms with Crippen LogP contribution < -0.4 is 4.90 Å². The molecule has 1 aromatic heterocycles. The highest BCUT2D eigenvalue weighted by Crippen LogP contribution is 2.38. The summed E-state index contributed by atoms with van der Waals surface area (Å²) >= 11 is 7.66. The highest BCUT2D eigenvalue weighted by molar-refractivity contribution is 7.14. The summed E-state index contributed by atoms with van der Waals surface area (Å²) in [6, 6.07) is 4.04. The Morgan fingerprint density at radius 1 is 1.32 bits per heavy atom. The molecule has 0 saturated carbocycles. The number of benzene rings is 1. The van der Waals surface area contributed by atoms with E-state index in [1.54, 1.807) is 17.4 Å². The van der Waals surface area contributed by atoms with Gasteiger partial charge in [-0.1, -0.05) is 11.6 Å². The number of aromatic nitrogens is 1. The first-order chi connectivity index (χ1) is 10.6. The molecule has 3 heterocycles. The van der Waals surface area contributed by atoms with Gasteiger partial charge in [-0.25, -0.2) is 9.37 Å². The molecule has 1 unspecified atom stereocenters. The Labute approximate surface area is 137 Å². The molecule has 0 N–H and O–H groups in total. The molecule has 0 radical (unpaired) electrons. The van der Waals surface area contributed by atoms with Crippen molar-refractivity contribution in [3.8, 4) is 11.3 Å². The minimum absolute atomic E-state index is 0.179. The summed E-state index contributed by atoms with van der Waals surface area (Å²) in [4.78, 5) is 7.19. The predicted molar refractivity (Wildman–Crippen MR) is 87.4 cm³/mol. The maximum atomic E-state index is 13.5. The van der Waals surface area contributed by atoms with Crippen LogP contribution in [-0.4, -0.2) is 30.3 Å². The predicted octanol–water partition coefficient (Wildman–Crippen LogP) is 4.28. The molecule has 2 aromatic rings. The van der Waals surface area contributed by atoms with Gasteiger partial charge in [-0.2, -0.15) is 0 Å². The second-order valence-corrected chi connectivity index (χ2v) is 7.09. The largest absolute Gasteiger partial charge is 0.377 e. The van der Waals surface area contributed by atoms with Crippen LogP contribution in [0.15, 0.2) is 17.5 Å². The maximum absolute atomic E-state index is 13.5. The van der Waals surface area contributed by atoms with E-state index in [0.29, 0.717) is 12.1 Å². The first-order valence-electron chi connectivity index (χ1n) is 7.41. The molecular formula is C16H16ClFN2OS. The highest BCUT2D eigenvalue weighted by atomic mass is 35.5. The second-order valence-electron chi connectivity index (χ2n) is 5.88. The topological polar surface area (TPSA) is 25.4 Å². The molecule has 2 fully saturated rings. The molecule has 2 saturated heterocycles. The van der Waals surface area contributed by atoms with Crippen molar-refractivity contribution in [2.75, 3.05) is 18.1 Å². The zero-order chi connectivity index (χ0) is 15.3. The van der Waals surface area contributed by atoms with E-state index in [1.165, 1.54) is 18.9 Å². The molecule has 3 nitrogen and oxygen atoms in total. The quantitative estimate of drug-likeness (QED) is 0.817. The van der Waals surface area contributed by atoms with Gasteiger partial charge in [0.25, 0.3) is 0 Å². The van der Waals surface area contributed by atoms with Crippen molar-refractivity contribution in [1.29, 1.82) is 0 Å². The molecule has 2 aliphatic heterocycles. The number of ether oxygens (including phenoxy) is 1. The molecule has 22 heavy (non-hydrogen) atoms. The number of hydrogen-bond acceptors (Lipinski definition) is 4. The number of anilines is 1. The summed E-state index contributed by atoms with van der Waals surface area (Å²) in [5.74, 6) is -0.385. The Morgan fingerprint density at radius 2 is 2.05 bits per heavy atom. The van der Waals surface area contributed by atoms with E-state index in [4.69, 9.17) is 21.3 Å².